The third-order valence-electron chi connectivity index (χ3n) is 4.69. The highest BCUT2D eigenvalue weighted by Gasteiger charge is 2.21. The first-order valence-electron chi connectivity index (χ1n) is 8.78. The van der Waals surface area contributed by atoms with Gasteiger partial charge in [-0.1, -0.05) is 19.1 Å². The number of carbonyl (C=O) groups is 1. The number of rotatable bonds is 4. The Bertz CT molecular complexity index is 696. The lowest BCUT2D eigenvalue weighted by atomic mass is 9.99. The summed E-state index contributed by atoms with van der Waals surface area (Å²) < 4.78 is 0. The van der Waals surface area contributed by atoms with Crippen molar-refractivity contribution in [2.24, 2.45) is 0 Å². The average molecular weight is 323 g/mol. The maximum Gasteiger partial charge on any atom is 0.274 e. The van der Waals surface area contributed by atoms with Crippen LogP contribution in [0, 0.1) is 6.92 Å². The Balaban J connectivity index is 1.70. The molecular formula is C20H25N3O. The summed E-state index contributed by atoms with van der Waals surface area (Å²) in [7, 11) is 0. The fourth-order valence-corrected chi connectivity index (χ4v) is 3.37. The van der Waals surface area contributed by atoms with E-state index in [9.17, 15) is 4.79 Å². The van der Waals surface area contributed by atoms with Crippen LogP contribution in [0.4, 0.5) is 11.4 Å². The van der Waals surface area contributed by atoms with E-state index in [-0.39, 0.29) is 5.91 Å². The summed E-state index contributed by atoms with van der Waals surface area (Å²) in [6, 6.07) is 12.2. The molecule has 24 heavy (non-hydrogen) atoms. The van der Waals surface area contributed by atoms with Crippen molar-refractivity contribution >= 4 is 17.3 Å². The number of aryl methyl sites for hydroxylation is 1. The molecule has 1 fully saturated rings. The molecule has 4 heteroatoms. The van der Waals surface area contributed by atoms with Crippen LogP contribution in [0.5, 0.6) is 0 Å². The molecule has 1 aliphatic rings. The van der Waals surface area contributed by atoms with E-state index in [1.54, 1.807) is 0 Å². The van der Waals surface area contributed by atoms with E-state index in [1.807, 2.05) is 49.5 Å². The smallest absolute Gasteiger partial charge is 0.274 e. The van der Waals surface area contributed by atoms with Gasteiger partial charge in [-0.2, -0.15) is 0 Å². The molecule has 0 spiro atoms. The van der Waals surface area contributed by atoms with E-state index in [1.165, 1.54) is 19.3 Å². The largest absolute Gasteiger partial charge is 0.367 e. The molecule has 1 aromatic heterocycles. The number of amides is 1. The molecular weight excluding hydrogens is 298 g/mol. The second kappa shape index (κ2) is 7.47. The lowest BCUT2D eigenvalue weighted by molar-refractivity contribution is 0.102. The van der Waals surface area contributed by atoms with Gasteiger partial charge in [0.1, 0.15) is 5.69 Å². The predicted octanol–water partition coefficient (Wildman–Crippen LogP) is 4.41. The molecule has 0 radical (unpaired) electrons. The van der Waals surface area contributed by atoms with Crippen molar-refractivity contribution in [1.82, 2.24) is 4.98 Å². The van der Waals surface area contributed by atoms with Crippen LogP contribution in [0.3, 0.4) is 0 Å². The number of hydrogen-bond acceptors (Lipinski definition) is 3. The van der Waals surface area contributed by atoms with Gasteiger partial charge in [-0.05, 0) is 62.4 Å². The van der Waals surface area contributed by atoms with Crippen LogP contribution in [0.1, 0.15) is 48.7 Å². The van der Waals surface area contributed by atoms with E-state index in [0.717, 1.165) is 29.9 Å². The number of aromatic nitrogens is 1. The van der Waals surface area contributed by atoms with Crippen LogP contribution in [-0.4, -0.2) is 23.5 Å². The number of anilines is 2. The third kappa shape index (κ3) is 3.75. The van der Waals surface area contributed by atoms with Gasteiger partial charge in [0.15, 0.2) is 0 Å². The first-order chi connectivity index (χ1) is 11.7. The van der Waals surface area contributed by atoms with Crippen LogP contribution in [-0.2, 0) is 0 Å². The molecule has 3 rings (SSSR count). The van der Waals surface area contributed by atoms with E-state index < -0.39 is 0 Å². The highest BCUT2D eigenvalue weighted by atomic mass is 16.1. The number of nitrogens with one attached hydrogen (secondary N) is 1. The molecule has 0 saturated carbocycles. The number of hydrogen-bond donors (Lipinski definition) is 1. The summed E-state index contributed by atoms with van der Waals surface area (Å²) in [5.41, 5.74) is 3.48. The first-order valence-corrected chi connectivity index (χ1v) is 8.78. The average Bonchev–Trinajstić information content (AvgIpc) is 2.62. The number of pyridine rings is 1. The Kier molecular flexibility index (Phi) is 5.14. The number of benzene rings is 1. The standard InChI is InChI=1S/C20H25N3O/c1-3-17-9-4-5-12-23(17)18-10-11-19(21-14-18)20(24)22-16-8-6-7-15(2)13-16/h6-8,10-11,13-14,17H,3-5,9,12H2,1-2H3,(H,22,24). The van der Waals surface area contributed by atoms with Crippen molar-refractivity contribution in [2.45, 2.75) is 45.6 Å². The third-order valence-corrected chi connectivity index (χ3v) is 4.69. The Labute approximate surface area is 143 Å². The van der Waals surface area contributed by atoms with Gasteiger partial charge in [0, 0.05) is 18.3 Å². The minimum absolute atomic E-state index is 0.169. The van der Waals surface area contributed by atoms with Gasteiger partial charge in [-0.25, -0.2) is 4.98 Å². The first kappa shape index (κ1) is 16.5. The molecule has 1 N–H and O–H groups in total. The fraction of sp³-hybridized carbons (Fsp3) is 0.400. The molecule has 126 valence electrons. The molecule has 1 atom stereocenters. The van der Waals surface area contributed by atoms with E-state index >= 15 is 0 Å². The molecule has 1 aromatic carbocycles. The summed E-state index contributed by atoms with van der Waals surface area (Å²) in [5.74, 6) is -0.169. The van der Waals surface area contributed by atoms with Crippen molar-refractivity contribution < 1.29 is 4.79 Å². The van der Waals surface area contributed by atoms with Crippen molar-refractivity contribution in [3.8, 4) is 0 Å². The van der Waals surface area contributed by atoms with Gasteiger partial charge in [0.2, 0.25) is 0 Å². The molecule has 2 heterocycles. The molecule has 2 aromatic rings. The maximum atomic E-state index is 12.3. The Morgan fingerprint density at radius 2 is 2.17 bits per heavy atom. The lowest BCUT2D eigenvalue weighted by Gasteiger charge is -2.37. The van der Waals surface area contributed by atoms with Crippen LogP contribution in [0.2, 0.25) is 0 Å². The quantitative estimate of drug-likeness (QED) is 0.906. The zero-order valence-corrected chi connectivity index (χ0v) is 14.5. The minimum Gasteiger partial charge on any atom is -0.367 e. The van der Waals surface area contributed by atoms with Crippen molar-refractivity contribution in [1.29, 1.82) is 0 Å². The second-order valence-electron chi connectivity index (χ2n) is 6.48. The monoisotopic (exact) mass is 323 g/mol. The summed E-state index contributed by atoms with van der Waals surface area (Å²) in [5, 5.41) is 2.90. The Morgan fingerprint density at radius 3 is 2.88 bits per heavy atom. The zero-order valence-electron chi connectivity index (χ0n) is 14.5. The molecule has 1 amide bonds. The molecule has 0 bridgehead atoms. The van der Waals surface area contributed by atoms with E-state index in [4.69, 9.17) is 0 Å². The molecule has 1 unspecified atom stereocenters. The van der Waals surface area contributed by atoms with Crippen molar-refractivity contribution in [3.05, 3.63) is 53.9 Å². The van der Waals surface area contributed by atoms with E-state index in [0.29, 0.717) is 11.7 Å². The SMILES string of the molecule is CCC1CCCCN1c1ccc(C(=O)Nc2cccc(C)c2)nc1. The molecule has 4 nitrogen and oxygen atoms in total. The molecule has 0 aliphatic carbocycles. The molecule has 1 aliphatic heterocycles. The van der Waals surface area contributed by atoms with Crippen LogP contribution in [0.15, 0.2) is 42.6 Å². The van der Waals surface area contributed by atoms with Crippen molar-refractivity contribution in [2.75, 3.05) is 16.8 Å². The Morgan fingerprint density at radius 1 is 1.29 bits per heavy atom. The summed E-state index contributed by atoms with van der Waals surface area (Å²) in [6.45, 7) is 5.32. The van der Waals surface area contributed by atoms with Gasteiger partial charge in [-0.15, -0.1) is 0 Å². The number of nitrogens with zero attached hydrogens (tertiary/aromatic N) is 2. The summed E-state index contributed by atoms with van der Waals surface area (Å²) in [4.78, 5) is 19.2. The summed E-state index contributed by atoms with van der Waals surface area (Å²) in [6.07, 6.45) is 6.76. The summed E-state index contributed by atoms with van der Waals surface area (Å²) >= 11 is 0. The lowest BCUT2D eigenvalue weighted by Crippen LogP contribution is -2.39. The molecule has 1 saturated heterocycles. The van der Waals surface area contributed by atoms with Gasteiger partial charge in [-0.3, -0.25) is 4.79 Å². The Hall–Kier alpha value is -2.36. The zero-order chi connectivity index (χ0) is 16.9. The minimum atomic E-state index is -0.169. The highest BCUT2D eigenvalue weighted by Crippen LogP contribution is 2.26. The number of piperidine rings is 1. The fourth-order valence-electron chi connectivity index (χ4n) is 3.37. The maximum absolute atomic E-state index is 12.3. The van der Waals surface area contributed by atoms with Crippen LogP contribution in [0.25, 0.3) is 0 Å². The van der Waals surface area contributed by atoms with Crippen LogP contribution >= 0.6 is 0 Å². The van der Waals surface area contributed by atoms with E-state index in [2.05, 4.69) is 22.1 Å². The second-order valence-corrected chi connectivity index (χ2v) is 6.48. The topological polar surface area (TPSA) is 45.2 Å². The highest BCUT2D eigenvalue weighted by molar-refractivity contribution is 6.03. The van der Waals surface area contributed by atoms with Crippen molar-refractivity contribution in [3.63, 3.8) is 0 Å². The van der Waals surface area contributed by atoms with Gasteiger partial charge < -0.3 is 10.2 Å². The van der Waals surface area contributed by atoms with Crippen LogP contribution < -0.4 is 10.2 Å². The normalized spacial score (nSPS) is 17.6. The van der Waals surface area contributed by atoms with Gasteiger partial charge >= 0.3 is 0 Å². The number of carbonyl (C=O) groups excluding carboxylic acids is 1. The van der Waals surface area contributed by atoms with Gasteiger partial charge in [0.25, 0.3) is 5.91 Å². The van der Waals surface area contributed by atoms with Gasteiger partial charge in [0.05, 0.1) is 11.9 Å². The predicted molar refractivity (Wildman–Crippen MR) is 98.6 cm³/mol.